The van der Waals surface area contributed by atoms with Crippen molar-refractivity contribution in [3.8, 4) is 5.75 Å². The monoisotopic (exact) mass is 287 g/mol. The highest BCUT2D eigenvalue weighted by Crippen LogP contribution is 2.30. The molecule has 0 aliphatic carbocycles. The molecule has 0 saturated carbocycles. The minimum Gasteiger partial charge on any atom is -0.492 e. The average molecular weight is 287 g/mol. The Morgan fingerprint density at radius 3 is 3.10 bits per heavy atom. The number of aromatic nitrogens is 1. The molecular weight excluding hydrogens is 270 g/mol. The van der Waals surface area contributed by atoms with Gasteiger partial charge in [0.15, 0.2) is 5.52 Å². The molecule has 6 heteroatoms. The van der Waals surface area contributed by atoms with Gasteiger partial charge in [-0.2, -0.15) is 0 Å². The number of non-ortho nitro benzene ring substituents is 1. The van der Waals surface area contributed by atoms with Crippen LogP contribution in [0.15, 0.2) is 30.5 Å². The molecule has 1 aromatic carbocycles. The molecule has 2 aromatic rings. The van der Waals surface area contributed by atoms with Gasteiger partial charge in [0, 0.05) is 30.1 Å². The van der Waals surface area contributed by atoms with E-state index < -0.39 is 4.92 Å². The fourth-order valence-electron chi connectivity index (χ4n) is 2.68. The van der Waals surface area contributed by atoms with E-state index in [1.807, 2.05) is 6.07 Å². The van der Waals surface area contributed by atoms with E-state index in [1.165, 1.54) is 6.07 Å². The second kappa shape index (κ2) is 6.05. The predicted octanol–water partition coefficient (Wildman–Crippen LogP) is 2.52. The Kier molecular flexibility index (Phi) is 3.96. The first kappa shape index (κ1) is 13.8. The molecule has 1 unspecified atom stereocenters. The summed E-state index contributed by atoms with van der Waals surface area (Å²) in [5, 5.41) is 15.1. The van der Waals surface area contributed by atoms with Crippen molar-refractivity contribution in [1.82, 2.24) is 10.3 Å². The van der Waals surface area contributed by atoms with Crippen molar-refractivity contribution in [2.45, 2.75) is 12.8 Å². The lowest BCUT2D eigenvalue weighted by Gasteiger charge is -2.23. The molecule has 1 aliphatic heterocycles. The number of para-hydroxylation sites is 1. The molecule has 110 valence electrons. The number of nitro benzene ring substituents is 1. The number of pyridine rings is 1. The van der Waals surface area contributed by atoms with Crippen LogP contribution in [0.2, 0.25) is 0 Å². The third-order valence-electron chi connectivity index (χ3n) is 3.78. The molecule has 21 heavy (non-hydrogen) atoms. The molecule has 1 saturated heterocycles. The summed E-state index contributed by atoms with van der Waals surface area (Å²) in [5.74, 6) is 1.15. The van der Waals surface area contributed by atoms with Crippen LogP contribution in [0, 0.1) is 16.0 Å². The number of nitrogens with zero attached hydrogens (tertiary/aromatic N) is 2. The van der Waals surface area contributed by atoms with Crippen LogP contribution in [-0.4, -0.2) is 29.6 Å². The van der Waals surface area contributed by atoms with Gasteiger partial charge < -0.3 is 10.1 Å². The number of nitro groups is 1. The number of piperidine rings is 1. The maximum Gasteiger partial charge on any atom is 0.295 e. The molecule has 0 radical (unpaired) electrons. The van der Waals surface area contributed by atoms with E-state index in [1.54, 1.807) is 18.3 Å². The van der Waals surface area contributed by atoms with Crippen LogP contribution in [0.4, 0.5) is 5.69 Å². The first-order chi connectivity index (χ1) is 10.3. The first-order valence-corrected chi connectivity index (χ1v) is 7.11. The van der Waals surface area contributed by atoms with Gasteiger partial charge in [-0.1, -0.05) is 6.07 Å². The predicted molar refractivity (Wildman–Crippen MR) is 79.5 cm³/mol. The Labute approximate surface area is 122 Å². The summed E-state index contributed by atoms with van der Waals surface area (Å²) in [6.45, 7) is 2.65. The Balaban J connectivity index is 1.85. The van der Waals surface area contributed by atoms with Gasteiger partial charge in [-0.05, 0) is 31.5 Å². The summed E-state index contributed by atoms with van der Waals surface area (Å²) in [5.41, 5.74) is 0.388. The lowest BCUT2D eigenvalue weighted by molar-refractivity contribution is -0.383. The van der Waals surface area contributed by atoms with Crippen molar-refractivity contribution in [2.24, 2.45) is 5.92 Å². The van der Waals surface area contributed by atoms with Crippen molar-refractivity contribution in [1.29, 1.82) is 0 Å². The Hall–Kier alpha value is -2.21. The van der Waals surface area contributed by atoms with Crippen molar-refractivity contribution in [3.05, 3.63) is 40.6 Å². The van der Waals surface area contributed by atoms with Gasteiger partial charge in [0.25, 0.3) is 5.69 Å². The highest BCUT2D eigenvalue weighted by atomic mass is 16.6. The third-order valence-corrected chi connectivity index (χ3v) is 3.78. The van der Waals surface area contributed by atoms with Crippen LogP contribution in [0.3, 0.4) is 0 Å². The quantitative estimate of drug-likeness (QED) is 0.690. The van der Waals surface area contributed by atoms with Gasteiger partial charge >= 0.3 is 0 Å². The zero-order valence-electron chi connectivity index (χ0n) is 11.6. The van der Waals surface area contributed by atoms with Crippen LogP contribution < -0.4 is 10.1 Å². The molecule has 1 aromatic heterocycles. The first-order valence-electron chi connectivity index (χ1n) is 7.11. The third kappa shape index (κ3) is 2.95. The topological polar surface area (TPSA) is 77.3 Å². The van der Waals surface area contributed by atoms with Gasteiger partial charge in [0.2, 0.25) is 0 Å². The normalized spacial score (nSPS) is 18.6. The van der Waals surface area contributed by atoms with E-state index in [9.17, 15) is 10.1 Å². The Morgan fingerprint density at radius 1 is 1.43 bits per heavy atom. The van der Waals surface area contributed by atoms with Crippen LogP contribution in [-0.2, 0) is 0 Å². The second-order valence-corrected chi connectivity index (χ2v) is 5.26. The van der Waals surface area contributed by atoms with Crippen molar-refractivity contribution in [3.63, 3.8) is 0 Å². The number of ether oxygens (including phenoxy) is 1. The fraction of sp³-hybridized carbons (Fsp3) is 0.400. The van der Waals surface area contributed by atoms with E-state index in [4.69, 9.17) is 4.74 Å². The molecule has 1 atom stereocenters. The maximum atomic E-state index is 11.0. The fourth-order valence-corrected chi connectivity index (χ4v) is 2.68. The summed E-state index contributed by atoms with van der Waals surface area (Å²) in [6.07, 6.45) is 3.87. The molecule has 2 heterocycles. The number of rotatable bonds is 4. The zero-order valence-corrected chi connectivity index (χ0v) is 11.6. The molecule has 1 N–H and O–H groups in total. The summed E-state index contributed by atoms with van der Waals surface area (Å²) >= 11 is 0. The zero-order chi connectivity index (χ0) is 14.7. The van der Waals surface area contributed by atoms with Crippen LogP contribution in [0.5, 0.6) is 5.75 Å². The van der Waals surface area contributed by atoms with Crippen LogP contribution in [0.25, 0.3) is 10.9 Å². The SMILES string of the molecule is O=[N+]([O-])c1cccc2c(OCC3CCCNC3)ccnc12. The lowest BCUT2D eigenvalue weighted by Crippen LogP contribution is -2.33. The van der Waals surface area contributed by atoms with Gasteiger partial charge in [0.1, 0.15) is 5.75 Å². The number of fused-ring (bicyclic) bond motifs is 1. The molecule has 3 rings (SSSR count). The molecule has 0 spiro atoms. The van der Waals surface area contributed by atoms with Crippen LogP contribution >= 0.6 is 0 Å². The lowest BCUT2D eigenvalue weighted by atomic mass is 10.0. The number of hydrogen-bond donors (Lipinski definition) is 1. The molecule has 1 fully saturated rings. The van der Waals surface area contributed by atoms with Crippen molar-refractivity contribution in [2.75, 3.05) is 19.7 Å². The second-order valence-electron chi connectivity index (χ2n) is 5.26. The largest absolute Gasteiger partial charge is 0.492 e. The van der Waals surface area contributed by atoms with E-state index in [0.29, 0.717) is 29.2 Å². The minimum atomic E-state index is -0.413. The maximum absolute atomic E-state index is 11.0. The van der Waals surface area contributed by atoms with Crippen LogP contribution in [0.1, 0.15) is 12.8 Å². The smallest absolute Gasteiger partial charge is 0.295 e. The van der Waals surface area contributed by atoms with E-state index in [0.717, 1.165) is 25.9 Å². The molecule has 1 aliphatic rings. The van der Waals surface area contributed by atoms with Gasteiger partial charge in [-0.15, -0.1) is 0 Å². The highest BCUT2D eigenvalue weighted by molar-refractivity contribution is 5.91. The van der Waals surface area contributed by atoms with E-state index in [-0.39, 0.29) is 5.69 Å². The Bertz CT molecular complexity index is 654. The van der Waals surface area contributed by atoms with Gasteiger partial charge in [-0.25, -0.2) is 4.98 Å². The van der Waals surface area contributed by atoms with E-state index in [2.05, 4.69) is 10.3 Å². The number of benzene rings is 1. The van der Waals surface area contributed by atoms with Gasteiger partial charge in [0.05, 0.1) is 11.5 Å². The molecular formula is C15H17N3O3. The molecule has 0 amide bonds. The summed E-state index contributed by atoms with van der Waals surface area (Å²) in [7, 11) is 0. The standard InChI is InChI=1S/C15H17N3O3/c19-18(20)13-5-1-4-12-14(6-8-17-15(12)13)21-10-11-3-2-7-16-9-11/h1,4-6,8,11,16H,2-3,7,9-10H2. The van der Waals surface area contributed by atoms with Crippen molar-refractivity contribution < 1.29 is 9.66 Å². The minimum absolute atomic E-state index is 0.0114. The molecule has 0 bridgehead atoms. The number of hydrogen-bond acceptors (Lipinski definition) is 5. The van der Waals surface area contributed by atoms with Gasteiger partial charge in [-0.3, -0.25) is 10.1 Å². The highest BCUT2D eigenvalue weighted by Gasteiger charge is 2.17. The Morgan fingerprint density at radius 2 is 2.33 bits per heavy atom. The number of nitrogens with one attached hydrogen (secondary N) is 1. The average Bonchev–Trinajstić information content (AvgIpc) is 2.53. The van der Waals surface area contributed by atoms with Crippen molar-refractivity contribution >= 4 is 16.6 Å². The summed E-state index contributed by atoms with van der Waals surface area (Å²) in [4.78, 5) is 14.8. The summed E-state index contributed by atoms with van der Waals surface area (Å²) in [6, 6.07) is 6.70. The molecule has 6 nitrogen and oxygen atoms in total. The van der Waals surface area contributed by atoms with E-state index >= 15 is 0 Å². The summed E-state index contributed by atoms with van der Waals surface area (Å²) < 4.78 is 5.89.